The van der Waals surface area contributed by atoms with Gasteiger partial charge in [0.2, 0.25) is 0 Å². The zero-order valence-electron chi connectivity index (χ0n) is 14.5. The molecule has 0 aliphatic heterocycles. The summed E-state index contributed by atoms with van der Waals surface area (Å²) in [5.74, 6) is 1.50. The summed E-state index contributed by atoms with van der Waals surface area (Å²) in [5.41, 5.74) is -0.240. The first kappa shape index (κ1) is 23.2. The minimum absolute atomic E-state index is 0. The second-order valence-electron chi connectivity index (χ2n) is 5.88. The summed E-state index contributed by atoms with van der Waals surface area (Å²) in [7, 11) is 1.71. The van der Waals surface area contributed by atoms with Gasteiger partial charge in [-0.15, -0.1) is 24.0 Å². The highest BCUT2D eigenvalue weighted by molar-refractivity contribution is 14.0. The Bertz CT molecular complexity index is 272. The van der Waals surface area contributed by atoms with Gasteiger partial charge in [0.15, 0.2) is 5.96 Å². The molecule has 0 fully saturated rings. The van der Waals surface area contributed by atoms with E-state index in [2.05, 4.69) is 36.4 Å². The van der Waals surface area contributed by atoms with E-state index in [1.54, 1.807) is 7.11 Å². The highest BCUT2D eigenvalue weighted by Crippen LogP contribution is 2.06. The molecule has 0 radical (unpaired) electrons. The monoisotopic (exact) mass is 415 g/mol. The van der Waals surface area contributed by atoms with Gasteiger partial charge in [0.25, 0.3) is 0 Å². The molecule has 0 aromatic carbocycles. The van der Waals surface area contributed by atoms with Crippen molar-refractivity contribution in [1.82, 2.24) is 10.6 Å². The Labute approximate surface area is 147 Å². The number of ether oxygens (including phenoxy) is 2. The van der Waals surface area contributed by atoms with E-state index >= 15 is 0 Å². The third kappa shape index (κ3) is 14.6. The van der Waals surface area contributed by atoms with Crippen LogP contribution in [0.4, 0.5) is 0 Å². The van der Waals surface area contributed by atoms with Crippen LogP contribution in [0.15, 0.2) is 4.99 Å². The highest BCUT2D eigenvalue weighted by Gasteiger charge is 2.15. The minimum atomic E-state index is -0.240. The predicted molar refractivity (Wildman–Crippen MR) is 101 cm³/mol. The lowest BCUT2D eigenvalue weighted by Crippen LogP contribution is -2.40. The molecule has 0 spiro atoms. The first-order valence-corrected chi connectivity index (χ1v) is 7.56. The Morgan fingerprint density at radius 1 is 1.19 bits per heavy atom. The number of hydrogen-bond donors (Lipinski definition) is 2. The molecule has 2 N–H and O–H groups in total. The van der Waals surface area contributed by atoms with Crippen molar-refractivity contribution in [2.45, 2.75) is 46.6 Å². The highest BCUT2D eigenvalue weighted by atomic mass is 127. The van der Waals surface area contributed by atoms with E-state index in [0.29, 0.717) is 19.1 Å². The Hall–Kier alpha value is -0.0800. The van der Waals surface area contributed by atoms with Gasteiger partial charge >= 0.3 is 0 Å². The van der Waals surface area contributed by atoms with E-state index in [4.69, 9.17) is 9.47 Å². The molecule has 0 atom stereocenters. The quantitative estimate of drug-likeness (QED) is 0.249. The summed E-state index contributed by atoms with van der Waals surface area (Å²) in [4.78, 5) is 4.52. The van der Waals surface area contributed by atoms with Crippen molar-refractivity contribution in [3.63, 3.8) is 0 Å². The second kappa shape index (κ2) is 13.6. The predicted octanol–water partition coefficient (Wildman–Crippen LogP) is 2.65. The molecule has 0 unspecified atom stereocenters. The molecule has 0 aromatic rings. The van der Waals surface area contributed by atoms with E-state index < -0.39 is 0 Å². The standard InChI is InChI=1S/C15H33N3O2.HI/c1-7-16-14(18-12-15(4,5)19-6)17-9-11-20-10-8-13(2)3;/h13H,7-12H2,1-6H3,(H2,16,17,18);1H. The summed E-state index contributed by atoms with van der Waals surface area (Å²) < 4.78 is 10.9. The number of halogens is 1. The molecular formula is C15H34IN3O2. The fraction of sp³-hybridized carbons (Fsp3) is 0.933. The molecule has 0 aromatic heterocycles. The summed E-state index contributed by atoms with van der Waals surface area (Å²) in [6.07, 6.45) is 1.11. The number of guanidine groups is 1. The number of hydrogen-bond acceptors (Lipinski definition) is 3. The van der Waals surface area contributed by atoms with Crippen LogP contribution < -0.4 is 10.6 Å². The molecule has 0 saturated heterocycles. The van der Waals surface area contributed by atoms with Gasteiger partial charge in [0.1, 0.15) is 0 Å². The first-order chi connectivity index (χ1) is 9.41. The Morgan fingerprint density at radius 2 is 1.86 bits per heavy atom. The molecule has 128 valence electrons. The Morgan fingerprint density at radius 3 is 2.38 bits per heavy atom. The average Bonchev–Trinajstić information content (AvgIpc) is 2.39. The van der Waals surface area contributed by atoms with Crippen LogP contribution in [-0.2, 0) is 9.47 Å². The van der Waals surface area contributed by atoms with Gasteiger partial charge in [0, 0.05) is 26.8 Å². The van der Waals surface area contributed by atoms with Gasteiger partial charge in [-0.25, -0.2) is 0 Å². The van der Waals surface area contributed by atoms with E-state index in [0.717, 1.165) is 32.1 Å². The molecule has 0 aliphatic rings. The summed E-state index contributed by atoms with van der Waals surface area (Å²) in [6.45, 7) is 14.2. The zero-order valence-corrected chi connectivity index (χ0v) is 16.8. The smallest absolute Gasteiger partial charge is 0.191 e. The van der Waals surface area contributed by atoms with Crippen LogP contribution in [0.25, 0.3) is 0 Å². The maximum atomic E-state index is 5.57. The maximum absolute atomic E-state index is 5.57. The van der Waals surface area contributed by atoms with Gasteiger partial charge in [-0.2, -0.15) is 0 Å². The van der Waals surface area contributed by atoms with Crippen molar-refractivity contribution in [2.24, 2.45) is 10.9 Å². The fourth-order valence-corrected chi connectivity index (χ4v) is 1.34. The second-order valence-corrected chi connectivity index (χ2v) is 5.88. The van der Waals surface area contributed by atoms with Crippen LogP contribution in [0.2, 0.25) is 0 Å². The largest absolute Gasteiger partial charge is 0.380 e. The molecule has 0 heterocycles. The number of nitrogens with zero attached hydrogens (tertiary/aromatic N) is 1. The average molecular weight is 415 g/mol. The summed E-state index contributed by atoms with van der Waals surface area (Å²) in [5, 5.41) is 6.48. The van der Waals surface area contributed by atoms with Crippen LogP contribution in [0.3, 0.4) is 0 Å². The minimum Gasteiger partial charge on any atom is -0.380 e. The van der Waals surface area contributed by atoms with Gasteiger partial charge < -0.3 is 20.1 Å². The topological polar surface area (TPSA) is 54.9 Å². The zero-order chi connectivity index (χ0) is 15.4. The third-order valence-corrected chi connectivity index (χ3v) is 2.89. The van der Waals surface area contributed by atoms with Crippen molar-refractivity contribution in [2.75, 3.05) is 40.0 Å². The number of aliphatic imine (C=N–C) groups is 1. The van der Waals surface area contributed by atoms with E-state index in [-0.39, 0.29) is 29.6 Å². The molecule has 0 bridgehead atoms. The van der Waals surface area contributed by atoms with E-state index in [9.17, 15) is 0 Å². The van der Waals surface area contributed by atoms with Crippen molar-refractivity contribution < 1.29 is 9.47 Å². The molecular weight excluding hydrogens is 381 g/mol. The lowest BCUT2D eigenvalue weighted by atomic mass is 10.1. The number of methoxy groups -OCH3 is 1. The Kier molecular flexibility index (Phi) is 15.0. The molecule has 5 nitrogen and oxygen atoms in total. The van der Waals surface area contributed by atoms with Gasteiger partial charge in [0.05, 0.1) is 18.8 Å². The maximum Gasteiger partial charge on any atom is 0.191 e. The SMILES string of the molecule is CCNC(=NCC(C)(C)OC)NCCOCCC(C)C.I. The van der Waals surface area contributed by atoms with Crippen LogP contribution in [-0.4, -0.2) is 51.5 Å². The van der Waals surface area contributed by atoms with Crippen LogP contribution in [0.1, 0.15) is 41.0 Å². The van der Waals surface area contributed by atoms with Crippen molar-refractivity contribution in [3.05, 3.63) is 0 Å². The fourth-order valence-electron chi connectivity index (χ4n) is 1.34. The first-order valence-electron chi connectivity index (χ1n) is 7.56. The number of rotatable bonds is 10. The lowest BCUT2D eigenvalue weighted by molar-refractivity contribution is 0.0310. The van der Waals surface area contributed by atoms with Crippen LogP contribution in [0, 0.1) is 5.92 Å². The van der Waals surface area contributed by atoms with Crippen molar-refractivity contribution >= 4 is 29.9 Å². The van der Waals surface area contributed by atoms with E-state index in [1.165, 1.54) is 0 Å². The normalized spacial score (nSPS) is 12.2. The van der Waals surface area contributed by atoms with Gasteiger partial charge in [-0.1, -0.05) is 13.8 Å². The molecule has 0 aliphatic carbocycles. The summed E-state index contributed by atoms with van der Waals surface area (Å²) >= 11 is 0. The van der Waals surface area contributed by atoms with Gasteiger partial charge in [-0.05, 0) is 33.1 Å². The molecule has 21 heavy (non-hydrogen) atoms. The molecule has 0 saturated carbocycles. The van der Waals surface area contributed by atoms with Crippen molar-refractivity contribution in [3.8, 4) is 0 Å². The van der Waals surface area contributed by atoms with Crippen molar-refractivity contribution in [1.29, 1.82) is 0 Å². The summed E-state index contributed by atoms with van der Waals surface area (Å²) in [6, 6.07) is 0. The van der Waals surface area contributed by atoms with Crippen LogP contribution >= 0.6 is 24.0 Å². The molecule has 0 rings (SSSR count). The van der Waals surface area contributed by atoms with Gasteiger partial charge in [-0.3, -0.25) is 4.99 Å². The molecule has 6 heteroatoms. The number of nitrogens with one attached hydrogen (secondary N) is 2. The van der Waals surface area contributed by atoms with Crippen LogP contribution in [0.5, 0.6) is 0 Å². The van der Waals surface area contributed by atoms with E-state index in [1.807, 2.05) is 13.8 Å². The Balaban J connectivity index is 0. The third-order valence-electron chi connectivity index (χ3n) is 2.89. The molecule has 0 amide bonds. The lowest BCUT2D eigenvalue weighted by Gasteiger charge is -2.21.